The third-order valence-corrected chi connectivity index (χ3v) is 3.56. The summed E-state index contributed by atoms with van der Waals surface area (Å²) >= 11 is 0. The molecule has 1 amide bonds. The molecule has 2 heterocycles. The lowest BCUT2D eigenvalue weighted by molar-refractivity contribution is -0.150. The number of para-hydroxylation sites is 1. The number of carbonyl (C=O) groups excluding carboxylic acids is 2. The van der Waals surface area contributed by atoms with Crippen molar-refractivity contribution in [3.05, 3.63) is 47.9 Å². The minimum atomic E-state index is -0.683. The molecule has 136 valence electrons. The Labute approximate surface area is 149 Å². The van der Waals surface area contributed by atoms with Crippen molar-refractivity contribution < 1.29 is 28.0 Å². The molecule has 26 heavy (non-hydrogen) atoms. The molecule has 0 unspecified atom stereocenters. The van der Waals surface area contributed by atoms with E-state index in [1.54, 1.807) is 13.8 Å². The van der Waals surface area contributed by atoms with Gasteiger partial charge in [-0.3, -0.25) is 4.79 Å². The number of furan rings is 1. The maximum absolute atomic E-state index is 11.9. The summed E-state index contributed by atoms with van der Waals surface area (Å²) in [5, 5.41) is 7.24. The van der Waals surface area contributed by atoms with Crippen LogP contribution >= 0.6 is 0 Å². The molecule has 2 aromatic heterocycles. The predicted octanol–water partition coefficient (Wildman–Crippen LogP) is 2.53. The van der Waals surface area contributed by atoms with E-state index < -0.39 is 18.5 Å². The van der Waals surface area contributed by atoms with Gasteiger partial charge in [0.05, 0.1) is 6.04 Å². The summed E-state index contributed by atoms with van der Waals surface area (Å²) in [6.07, 6.45) is 0. The van der Waals surface area contributed by atoms with E-state index in [4.69, 9.17) is 18.4 Å². The lowest BCUT2D eigenvalue weighted by atomic mass is 10.2. The van der Waals surface area contributed by atoms with Crippen molar-refractivity contribution in [3.63, 3.8) is 0 Å². The highest BCUT2D eigenvalue weighted by Crippen LogP contribution is 2.23. The first-order valence-electron chi connectivity index (χ1n) is 8.01. The van der Waals surface area contributed by atoms with Gasteiger partial charge in [-0.1, -0.05) is 18.2 Å². The number of esters is 1. The number of aromatic nitrogens is 1. The van der Waals surface area contributed by atoms with Crippen molar-refractivity contribution in [1.29, 1.82) is 0 Å². The van der Waals surface area contributed by atoms with Crippen LogP contribution < -0.4 is 10.1 Å². The van der Waals surface area contributed by atoms with Crippen LogP contribution in [0.15, 0.2) is 45.3 Å². The highest BCUT2D eigenvalue weighted by atomic mass is 16.6. The Kier molecular flexibility index (Phi) is 5.21. The Morgan fingerprint density at radius 3 is 2.77 bits per heavy atom. The van der Waals surface area contributed by atoms with E-state index in [1.165, 1.54) is 6.07 Å². The van der Waals surface area contributed by atoms with E-state index in [-0.39, 0.29) is 18.5 Å². The van der Waals surface area contributed by atoms with Crippen LogP contribution in [-0.4, -0.2) is 30.2 Å². The normalized spacial score (nSPS) is 11.9. The van der Waals surface area contributed by atoms with Crippen LogP contribution in [-0.2, 0) is 14.3 Å². The molecular weight excluding hydrogens is 340 g/mol. The average molecular weight is 358 g/mol. The van der Waals surface area contributed by atoms with Crippen LogP contribution in [0.25, 0.3) is 11.0 Å². The Bertz CT molecular complexity index is 880. The summed E-state index contributed by atoms with van der Waals surface area (Å²) in [4.78, 5) is 23.5. The first-order chi connectivity index (χ1) is 12.5. The van der Waals surface area contributed by atoms with Gasteiger partial charge < -0.3 is 23.7 Å². The molecule has 0 saturated carbocycles. The molecule has 1 aromatic carbocycles. The van der Waals surface area contributed by atoms with Gasteiger partial charge in [0, 0.05) is 11.5 Å². The molecule has 0 aliphatic carbocycles. The number of aryl methyl sites for hydroxylation is 1. The third kappa shape index (κ3) is 4.41. The highest BCUT2D eigenvalue weighted by Gasteiger charge is 2.16. The average Bonchev–Trinajstić information content (AvgIpc) is 3.24. The summed E-state index contributed by atoms with van der Waals surface area (Å²) in [5.74, 6) is 0.242. The number of hydrogen-bond acceptors (Lipinski definition) is 7. The van der Waals surface area contributed by atoms with Gasteiger partial charge in [-0.2, -0.15) is 0 Å². The van der Waals surface area contributed by atoms with E-state index in [1.807, 2.05) is 30.3 Å². The van der Waals surface area contributed by atoms with Gasteiger partial charge in [0.15, 0.2) is 13.2 Å². The van der Waals surface area contributed by atoms with Crippen LogP contribution in [0.3, 0.4) is 0 Å². The zero-order valence-corrected chi connectivity index (χ0v) is 14.4. The molecule has 0 bridgehead atoms. The van der Waals surface area contributed by atoms with E-state index in [0.29, 0.717) is 11.5 Å². The summed E-state index contributed by atoms with van der Waals surface area (Å²) in [6.45, 7) is 2.71. The molecular formula is C18H18N2O6. The minimum absolute atomic E-state index is 0.183. The maximum atomic E-state index is 11.9. The van der Waals surface area contributed by atoms with Gasteiger partial charge in [0.2, 0.25) is 0 Å². The van der Waals surface area contributed by atoms with Crippen LogP contribution in [0.1, 0.15) is 24.5 Å². The van der Waals surface area contributed by atoms with Crippen molar-refractivity contribution in [2.75, 3.05) is 13.2 Å². The molecule has 0 saturated heterocycles. The fraction of sp³-hybridized carbons (Fsp3) is 0.278. The van der Waals surface area contributed by atoms with Crippen LogP contribution in [0.2, 0.25) is 0 Å². The zero-order valence-electron chi connectivity index (χ0n) is 14.4. The second-order valence-corrected chi connectivity index (χ2v) is 5.70. The van der Waals surface area contributed by atoms with E-state index in [9.17, 15) is 9.59 Å². The maximum Gasteiger partial charge on any atom is 0.344 e. The van der Waals surface area contributed by atoms with Gasteiger partial charge in [-0.25, -0.2) is 4.79 Å². The number of nitrogens with one attached hydrogen (secondary N) is 1. The molecule has 3 aromatic rings. The second-order valence-electron chi connectivity index (χ2n) is 5.70. The summed E-state index contributed by atoms with van der Waals surface area (Å²) in [7, 11) is 0. The standard InChI is InChI=1S/C18H18N2O6/c1-11-7-17(20-26-11)23-10-18(22)24-9-16(21)19-12(2)15-8-13-5-3-4-6-14(13)25-15/h3-8,12H,9-10H2,1-2H3,(H,19,21)/t12-/m0/s1. The third-order valence-electron chi connectivity index (χ3n) is 3.56. The fourth-order valence-electron chi connectivity index (χ4n) is 2.30. The number of fused-ring (bicyclic) bond motifs is 1. The summed E-state index contributed by atoms with van der Waals surface area (Å²) in [5.41, 5.74) is 0.746. The number of nitrogens with zero attached hydrogens (tertiary/aromatic N) is 1. The molecule has 1 atom stereocenters. The van der Waals surface area contributed by atoms with E-state index in [0.717, 1.165) is 11.0 Å². The number of amides is 1. The highest BCUT2D eigenvalue weighted by molar-refractivity contribution is 5.82. The van der Waals surface area contributed by atoms with Crippen molar-refractivity contribution in [2.24, 2.45) is 0 Å². The van der Waals surface area contributed by atoms with Crippen LogP contribution in [0.4, 0.5) is 0 Å². The number of benzene rings is 1. The Balaban J connectivity index is 1.43. The molecule has 1 N–H and O–H groups in total. The van der Waals surface area contributed by atoms with Crippen molar-refractivity contribution in [1.82, 2.24) is 10.5 Å². The van der Waals surface area contributed by atoms with E-state index in [2.05, 4.69) is 10.5 Å². The number of carbonyl (C=O) groups is 2. The smallest absolute Gasteiger partial charge is 0.344 e. The zero-order chi connectivity index (χ0) is 18.5. The topological polar surface area (TPSA) is 104 Å². The Morgan fingerprint density at radius 2 is 2.04 bits per heavy atom. The lowest BCUT2D eigenvalue weighted by Gasteiger charge is -2.11. The first kappa shape index (κ1) is 17.5. The Morgan fingerprint density at radius 1 is 1.23 bits per heavy atom. The van der Waals surface area contributed by atoms with Crippen molar-refractivity contribution >= 4 is 22.8 Å². The van der Waals surface area contributed by atoms with Gasteiger partial charge >= 0.3 is 5.97 Å². The van der Waals surface area contributed by atoms with Gasteiger partial charge in [0.1, 0.15) is 17.1 Å². The van der Waals surface area contributed by atoms with Gasteiger partial charge in [-0.05, 0) is 31.1 Å². The SMILES string of the molecule is Cc1cc(OCC(=O)OCC(=O)N[C@@H](C)c2cc3ccccc3o2)no1. The van der Waals surface area contributed by atoms with Crippen LogP contribution in [0, 0.1) is 6.92 Å². The van der Waals surface area contributed by atoms with E-state index >= 15 is 0 Å². The Hall–Kier alpha value is -3.29. The molecule has 0 radical (unpaired) electrons. The number of hydrogen-bond donors (Lipinski definition) is 1. The number of ether oxygens (including phenoxy) is 2. The second kappa shape index (κ2) is 7.73. The molecule has 8 nitrogen and oxygen atoms in total. The fourth-order valence-corrected chi connectivity index (χ4v) is 2.30. The summed E-state index contributed by atoms with van der Waals surface area (Å²) in [6, 6.07) is 10.6. The minimum Gasteiger partial charge on any atom is -0.463 e. The molecule has 8 heteroatoms. The first-order valence-corrected chi connectivity index (χ1v) is 8.01. The summed E-state index contributed by atoms with van der Waals surface area (Å²) < 4.78 is 20.4. The van der Waals surface area contributed by atoms with Crippen LogP contribution in [0.5, 0.6) is 5.88 Å². The van der Waals surface area contributed by atoms with Gasteiger partial charge in [-0.15, -0.1) is 0 Å². The lowest BCUT2D eigenvalue weighted by Crippen LogP contribution is -2.31. The molecule has 0 spiro atoms. The number of rotatable bonds is 7. The predicted molar refractivity (Wildman–Crippen MR) is 90.5 cm³/mol. The largest absolute Gasteiger partial charge is 0.463 e. The van der Waals surface area contributed by atoms with Gasteiger partial charge in [0.25, 0.3) is 11.8 Å². The molecule has 0 fully saturated rings. The molecule has 3 rings (SSSR count). The van der Waals surface area contributed by atoms with Crippen molar-refractivity contribution in [3.8, 4) is 5.88 Å². The van der Waals surface area contributed by atoms with Crippen molar-refractivity contribution in [2.45, 2.75) is 19.9 Å². The monoisotopic (exact) mass is 358 g/mol. The quantitative estimate of drug-likeness (QED) is 0.647. The molecule has 0 aliphatic heterocycles. The molecule has 0 aliphatic rings.